The molecule has 0 atom stereocenters. The fourth-order valence-corrected chi connectivity index (χ4v) is 4.29. The maximum atomic E-state index is 10.9. The van der Waals surface area contributed by atoms with E-state index in [2.05, 4.69) is 5.16 Å². The molecule has 0 heterocycles. The van der Waals surface area contributed by atoms with E-state index in [9.17, 15) is 5.11 Å². The third-order valence-electron chi connectivity index (χ3n) is 5.49. The molecule has 0 aliphatic heterocycles. The summed E-state index contributed by atoms with van der Waals surface area (Å²) in [5.41, 5.74) is 3.08. The number of aromatic hydroxyl groups is 1. The molecule has 22 heavy (non-hydrogen) atoms. The van der Waals surface area contributed by atoms with Gasteiger partial charge >= 0.3 is 0 Å². The van der Waals surface area contributed by atoms with Gasteiger partial charge < -0.3 is 10.3 Å². The fraction of sp³-hybridized carbons (Fsp3) is 0.632. The van der Waals surface area contributed by atoms with Crippen LogP contribution in [0.15, 0.2) is 17.3 Å². The Bertz CT molecular complexity index is 487. The summed E-state index contributed by atoms with van der Waals surface area (Å²) in [7, 11) is 0. The number of nitrogens with zero attached hydrogens (tertiary/aromatic N) is 1. The zero-order valence-corrected chi connectivity index (χ0v) is 13.3. The Kier molecular flexibility index (Phi) is 5.01. The molecule has 120 valence electrons. The lowest BCUT2D eigenvalue weighted by molar-refractivity contribution is 0.322. The molecule has 2 N–H and O–H groups in total. The molecule has 0 radical (unpaired) electrons. The minimum Gasteiger partial charge on any atom is -0.507 e. The molecule has 0 bridgehead atoms. The summed E-state index contributed by atoms with van der Waals surface area (Å²) in [5, 5.41) is 23.0. The first-order chi connectivity index (χ1) is 10.8. The van der Waals surface area contributed by atoms with Crippen LogP contribution in [0.25, 0.3) is 0 Å². The number of hydrogen-bond acceptors (Lipinski definition) is 3. The second-order valence-electron chi connectivity index (χ2n) is 6.96. The van der Waals surface area contributed by atoms with Gasteiger partial charge in [0.05, 0.1) is 6.21 Å². The van der Waals surface area contributed by atoms with Gasteiger partial charge in [-0.2, -0.15) is 0 Å². The van der Waals surface area contributed by atoms with Crippen LogP contribution in [0.1, 0.15) is 92.7 Å². The highest BCUT2D eigenvalue weighted by Crippen LogP contribution is 2.44. The van der Waals surface area contributed by atoms with E-state index in [0.29, 0.717) is 17.6 Å². The minimum absolute atomic E-state index is 0.461. The topological polar surface area (TPSA) is 52.8 Å². The molecule has 0 aromatic heterocycles. The summed E-state index contributed by atoms with van der Waals surface area (Å²) in [4.78, 5) is 0. The Morgan fingerprint density at radius 1 is 0.818 bits per heavy atom. The normalized spacial score (nSPS) is 21.5. The van der Waals surface area contributed by atoms with Crippen LogP contribution in [0.5, 0.6) is 5.75 Å². The molecule has 2 fully saturated rings. The molecule has 2 saturated carbocycles. The Morgan fingerprint density at radius 2 is 1.27 bits per heavy atom. The largest absolute Gasteiger partial charge is 0.507 e. The quantitative estimate of drug-likeness (QED) is 0.452. The summed E-state index contributed by atoms with van der Waals surface area (Å²) in [6, 6.07) is 4.05. The van der Waals surface area contributed by atoms with Gasteiger partial charge in [0.2, 0.25) is 0 Å². The van der Waals surface area contributed by atoms with Gasteiger partial charge in [-0.1, -0.05) is 43.7 Å². The maximum Gasteiger partial charge on any atom is 0.122 e. The molecule has 0 saturated heterocycles. The molecule has 3 heteroatoms. The summed E-state index contributed by atoms with van der Waals surface area (Å²) in [6.07, 6.45) is 13.8. The average Bonchev–Trinajstić information content (AvgIpc) is 2.58. The van der Waals surface area contributed by atoms with Crippen molar-refractivity contribution < 1.29 is 10.3 Å². The van der Waals surface area contributed by atoms with Gasteiger partial charge in [-0.25, -0.2) is 0 Å². The van der Waals surface area contributed by atoms with E-state index in [4.69, 9.17) is 5.21 Å². The van der Waals surface area contributed by atoms with E-state index in [1.54, 1.807) is 0 Å². The zero-order valence-electron chi connectivity index (χ0n) is 13.3. The van der Waals surface area contributed by atoms with Gasteiger partial charge in [-0.15, -0.1) is 0 Å². The molecule has 3 nitrogen and oxygen atoms in total. The molecular weight excluding hydrogens is 274 g/mol. The van der Waals surface area contributed by atoms with Crippen LogP contribution in [0.4, 0.5) is 0 Å². The van der Waals surface area contributed by atoms with Crippen molar-refractivity contribution >= 4 is 6.21 Å². The average molecular weight is 301 g/mol. The van der Waals surface area contributed by atoms with Crippen molar-refractivity contribution in [1.29, 1.82) is 0 Å². The maximum absolute atomic E-state index is 10.9. The highest BCUT2D eigenvalue weighted by atomic mass is 16.4. The number of oxime groups is 1. The first-order valence-electron chi connectivity index (χ1n) is 8.84. The minimum atomic E-state index is 0.461. The van der Waals surface area contributed by atoms with Crippen molar-refractivity contribution in [2.45, 2.75) is 76.0 Å². The Labute approximate surface area is 133 Å². The van der Waals surface area contributed by atoms with Crippen molar-refractivity contribution in [3.8, 4) is 5.75 Å². The predicted octanol–water partition coefficient (Wildman–Crippen LogP) is 5.30. The number of benzene rings is 1. The molecule has 0 spiro atoms. The van der Waals surface area contributed by atoms with Gasteiger partial charge in [0.1, 0.15) is 5.75 Å². The smallest absolute Gasteiger partial charge is 0.122 e. The molecule has 2 aliphatic carbocycles. The Balaban J connectivity index is 1.98. The molecule has 1 aromatic carbocycles. The molecule has 1 aromatic rings. The lowest BCUT2D eigenvalue weighted by atomic mass is 9.78. The monoisotopic (exact) mass is 301 g/mol. The zero-order chi connectivity index (χ0) is 15.4. The molecular formula is C19H27NO2. The van der Waals surface area contributed by atoms with Crippen LogP contribution in [0.3, 0.4) is 0 Å². The SMILES string of the molecule is ON=Cc1cc(C2CCCCC2)c(O)c(C2CCCCC2)c1. The number of hydrogen-bond donors (Lipinski definition) is 2. The number of rotatable bonds is 3. The van der Waals surface area contributed by atoms with Crippen molar-refractivity contribution in [3.63, 3.8) is 0 Å². The van der Waals surface area contributed by atoms with E-state index in [1.807, 2.05) is 12.1 Å². The third kappa shape index (κ3) is 3.29. The Morgan fingerprint density at radius 3 is 1.68 bits per heavy atom. The van der Waals surface area contributed by atoms with Crippen molar-refractivity contribution in [2.75, 3.05) is 0 Å². The van der Waals surface area contributed by atoms with Crippen molar-refractivity contribution in [2.24, 2.45) is 5.16 Å². The van der Waals surface area contributed by atoms with Gasteiger partial charge in [0, 0.05) is 0 Å². The predicted molar refractivity (Wildman–Crippen MR) is 89.1 cm³/mol. The van der Waals surface area contributed by atoms with E-state index in [0.717, 1.165) is 42.4 Å². The van der Waals surface area contributed by atoms with Crippen LogP contribution in [-0.4, -0.2) is 16.5 Å². The standard InChI is InChI=1S/C19H27NO2/c21-19-17(15-7-3-1-4-8-15)11-14(13-20-22)12-18(19)16-9-5-2-6-10-16/h11-13,15-16,21-22H,1-10H2. The molecule has 2 aliphatic rings. The molecule has 0 amide bonds. The summed E-state index contributed by atoms with van der Waals surface area (Å²) in [6.45, 7) is 0. The second kappa shape index (κ2) is 7.17. The van der Waals surface area contributed by atoms with Crippen LogP contribution in [0, 0.1) is 0 Å². The van der Waals surface area contributed by atoms with E-state index in [-0.39, 0.29) is 0 Å². The summed E-state index contributed by atoms with van der Waals surface area (Å²) < 4.78 is 0. The first kappa shape index (κ1) is 15.4. The summed E-state index contributed by atoms with van der Waals surface area (Å²) in [5.74, 6) is 1.44. The van der Waals surface area contributed by atoms with Gasteiger partial charge in [-0.05, 0) is 66.3 Å². The highest BCUT2D eigenvalue weighted by Gasteiger charge is 2.25. The van der Waals surface area contributed by atoms with Gasteiger partial charge in [-0.3, -0.25) is 0 Å². The highest BCUT2D eigenvalue weighted by molar-refractivity contribution is 5.80. The van der Waals surface area contributed by atoms with Crippen LogP contribution in [0.2, 0.25) is 0 Å². The fourth-order valence-electron chi connectivity index (χ4n) is 4.29. The van der Waals surface area contributed by atoms with Crippen molar-refractivity contribution in [1.82, 2.24) is 0 Å². The van der Waals surface area contributed by atoms with Crippen LogP contribution >= 0.6 is 0 Å². The van der Waals surface area contributed by atoms with Gasteiger partial charge in [0.15, 0.2) is 0 Å². The molecule has 3 rings (SSSR count). The van der Waals surface area contributed by atoms with E-state index >= 15 is 0 Å². The lowest BCUT2D eigenvalue weighted by Gasteiger charge is -2.28. The second-order valence-corrected chi connectivity index (χ2v) is 6.96. The van der Waals surface area contributed by atoms with Gasteiger partial charge in [0.25, 0.3) is 0 Å². The van der Waals surface area contributed by atoms with E-state index in [1.165, 1.54) is 44.7 Å². The van der Waals surface area contributed by atoms with E-state index < -0.39 is 0 Å². The lowest BCUT2D eigenvalue weighted by Crippen LogP contribution is -2.10. The molecule has 0 unspecified atom stereocenters. The number of phenols is 1. The number of phenolic OH excluding ortho intramolecular Hbond substituents is 1. The van der Waals surface area contributed by atoms with Crippen LogP contribution < -0.4 is 0 Å². The Hall–Kier alpha value is -1.51. The first-order valence-corrected chi connectivity index (χ1v) is 8.84. The summed E-state index contributed by atoms with van der Waals surface area (Å²) >= 11 is 0. The van der Waals surface area contributed by atoms with Crippen LogP contribution in [-0.2, 0) is 0 Å². The third-order valence-corrected chi connectivity index (χ3v) is 5.49. The van der Waals surface area contributed by atoms with Crippen molar-refractivity contribution in [3.05, 3.63) is 28.8 Å².